The van der Waals surface area contributed by atoms with Gasteiger partial charge in [0.25, 0.3) is 5.91 Å². The number of carbonyl (C=O) groups excluding carboxylic acids is 3. The molecule has 2 amide bonds. The summed E-state index contributed by atoms with van der Waals surface area (Å²) in [5, 5.41) is -0.114. The van der Waals surface area contributed by atoms with E-state index in [2.05, 4.69) is 4.98 Å². The summed E-state index contributed by atoms with van der Waals surface area (Å²) in [6, 6.07) is 0.829. The third-order valence-electron chi connectivity index (χ3n) is 5.43. The van der Waals surface area contributed by atoms with Crippen LogP contribution in [-0.2, 0) is 25.3 Å². The molecular formula is C20H24ClF3N4O4. The van der Waals surface area contributed by atoms with Crippen LogP contribution in [0.2, 0.25) is 5.02 Å². The monoisotopic (exact) mass is 476 g/mol. The number of halogens is 4. The van der Waals surface area contributed by atoms with E-state index in [-0.39, 0.29) is 42.3 Å². The van der Waals surface area contributed by atoms with Crippen molar-refractivity contribution in [2.45, 2.75) is 31.9 Å². The molecule has 3 heterocycles. The molecule has 2 aliphatic heterocycles. The fourth-order valence-electron chi connectivity index (χ4n) is 3.63. The summed E-state index contributed by atoms with van der Waals surface area (Å²) in [5.74, 6) is -0.877. The highest BCUT2D eigenvalue weighted by atomic mass is 35.5. The minimum atomic E-state index is -4.53. The van der Waals surface area contributed by atoms with Crippen molar-refractivity contribution in [3.05, 3.63) is 22.8 Å². The number of nitrogens with zero attached hydrogens (tertiary/aromatic N) is 4. The molecule has 2 saturated heterocycles. The minimum absolute atomic E-state index is 0.0857. The van der Waals surface area contributed by atoms with Gasteiger partial charge in [-0.2, -0.15) is 13.2 Å². The van der Waals surface area contributed by atoms with E-state index in [1.165, 1.54) is 9.80 Å². The van der Waals surface area contributed by atoms with E-state index in [4.69, 9.17) is 16.3 Å². The number of esters is 1. The van der Waals surface area contributed by atoms with Crippen LogP contribution in [0.4, 0.5) is 19.0 Å². The van der Waals surface area contributed by atoms with Gasteiger partial charge in [-0.1, -0.05) is 18.0 Å². The van der Waals surface area contributed by atoms with E-state index in [1.54, 1.807) is 4.90 Å². The number of likely N-dealkylation sites (tertiary alicyclic amines) is 1. The average molecular weight is 477 g/mol. The van der Waals surface area contributed by atoms with Gasteiger partial charge in [-0.15, -0.1) is 0 Å². The number of hydrogen-bond acceptors (Lipinski definition) is 6. The highest BCUT2D eigenvalue weighted by Gasteiger charge is 2.32. The van der Waals surface area contributed by atoms with Crippen LogP contribution >= 0.6 is 11.6 Å². The average Bonchev–Trinajstić information content (AvgIpc) is 2.95. The highest BCUT2D eigenvalue weighted by molar-refractivity contribution is 6.33. The molecule has 0 N–H and O–H groups in total. The molecule has 2 aliphatic rings. The maximum Gasteiger partial charge on any atom is 0.417 e. The Hall–Kier alpha value is -2.56. The molecular weight excluding hydrogens is 453 g/mol. The molecule has 0 bridgehead atoms. The summed E-state index contributed by atoms with van der Waals surface area (Å²) in [6.07, 6.45) is -0.809. The lowest BCUT2D eigenvalue weighted by molar-refractivity contribution is -0.154. The Kier molecular flexibility index (Phi) is 7.81. The van der Waals surface area contributed by atoms with Gasteiger partial charge in [-0.05, 0) is 18.9 Å². The number of ether oxygens (including phenoxy) is 1. The Morgan fingerprint density at radius 3 is 2.47 bits per heavy atom. The van der Waals surface area contributed by atoms with Crippen molar-refractivity contribution in [2.24, 2.45) is 0 Å². The second-order valence-corrected chi connectivity index (χ2v) is 8.09. The largest absolute Gasteiger partial charge is 0.454 e. The van der Waals surface area contributed by atoms with Crippen LogP contribution in [0.15, 0.2) is 12.3 Å². The van der Waals surface area contributed by atoms with Gasteiger partial charge in [0.1, 0.15) is 12.4 Å². The second-order valence-electron chi connectivity index (χ2n) is 7.68. The molecule has 3 rings (SSSR count). The number of aromatic nitrogens is 1. The number of anilines is 1. The van der Waals surface area contributed by atoms with Crippen molar-refractivity contribution in [1.29, 1.82) is 0 Å². The molecule has 176 valence electrons. The van der Waals surface area contributed by atoms with Crippen LogP contribution < -0.4 is 4.90 Å². The molecule has 0 aromatic carbocycles. The fraction of sp³-hybridized carbons (Fsp3) is 0.600. The molecule has 0 aliphatic carbocycles. The molecule has 1 aromatic heterocycles. The molecule has 0 spiro atoms. The van der Waals surface area contributed by atoms with Crippen molar-refractivity contribution >= 4 is 35.2 Å². The topological polar surface area (TPSA) is 83.0 Å². The molecule has 8 nitrogen and oxygen atoms in total. The van der Waals surface area contributed by atoms with E-state index in [9.17, 15) is 27.6 Å². The molecule has 0 saturated carbocycles. The Morgan fingerprint density at radius 2 is 1.81 bits per heavy atom. The number of carbonyl (C=O) groups is 3. The Labute approximate surface area is 188 Å². The summed E-state index contributed by atoms with van der Waals surface area (Å²) in [7, 11) is 0. The van der Waals surface area contributed by atoms with Gasteiger partial charge in [0.2, 0.25) is 5.91 Å². The van der Waals surface area contributed by atoms with Gasteiger partial charge in [0, 0.05) is 45.3 Å². The van der Waals surface area contributed by atoms with Crippen molar-refractivity contribution in [3.63, 3.8) is 0 Å². The van der Waals surface area contributed by atoms with E-state index >= 15 is 0 Å². The first-order valence-electron chi connectivity index (χ1n) is 10.3. The van der Waals surface area contributed by atoms with Gasteiger partial charge >= 0.3 is 12.1 Å². The third kappa shape index (κ3) is 6.24. The van der Waals surface area contributed by atoms with Crippen LogP contribution in [0.5, 0.6) is 0 Å². The van der Waals surface area contributed by atoms with Gasteiger partial charge < -0.3 is 19.4 Å². The quantitative estimate of drug-likeness (QED) is 0.607. The van der Waals surface area contributed by atoms with Crippen molar-refractivity contribution in [2.75, 3.05) is 50.8 Å². The number of amides is 2. The molecule has 0 unspecified atom stereocenters. The predicted octanol–water partition coefficient (Wildman–Crippen LogP) is 2.35. The van der Waals surface area contributed by atoms with Crippen molar-refractivity contribution < 1.29 is 32.3 Å². The zero-order valence-corrected chi connectivity index (χ0v) is 18.1. The third-order valence-corrected chi connectivity index (χ3v) is 5.71. The minimum Gasteiger partial charge on any atom is -0.454 e. The summed E-state index contributed by atoms with van der Waals surface area (Å²) in [5.41, 5.74) is -0.927. The molecule has 0 atom stereocenters. The van der Waals surface area contributed by atoms with Crippen LogP contribution in [0, 0.1) is 0 Å². The van der Waals surface area contributed by atoms with E-state index < -0.39 is 24.3 Å². The van der Waals surface area contributed by atoms with Crippen LogP contribution in [-0.4, -0.2) is 78.4 Å². The Bertz CT molecular complexity index is 860. The normalized spacial score (nSPS) is 17.9. The maximum atomic E-state index is 12.8. The Morgan fingerprint density at radius 1 is 1.09 bits per heavy atom. The maximum absolute atomic E-state index is 12.8. The van der Waals surface area contributed by atoms with E-state index in [0.717, 1.165) is 31.5 Å². The van der Waals surface area contributed by atoms with Crippen LogP contribution in [0.3, 0.4) is 0 Å². The molecule has 0 radical (unpaired) electrons. The van der Waals surface area contributed by atoms with Gasteiger partial charge in [-0.25, -0.2) is 4.98 Å². The lowest BCUT2D eigenvalue weighted by Gasteiger charge is -2.35. The summed E-state index contributed by atoms with van der Waals surface area (Å²) in [4.78, 5) is 44.8. The molecule has 1 aromatic rings. The summed E-state index contributed by atoms with van der Waals surface area (Å²) in [6.45, 7) is 1.10. The fourth-order valence-corrected chi connectivity index (χ4v) is 3.91. The van der Waals surface area contributed by atoms with Gasteiger partial charge in [0.15, 0.2) is 6.61 Å². The van der Waals surface area contributed by atoms with Crippen molar-refractivity contribution in [3.8, 4) is 0 Å². The van der Waals surface area contributed by atoms with Crippen LogP contribution in [0.25, 0.3) is 0 Å². The number of pyridine rings is 1. The number of rotatable bonds is 5. The number of hydrogen-bond donors (Lipinski definition) is 0. The smallest absolute Gasteiger partial charge is 0.417 e. The Balaban J connectivity index is 1.45. The lowest BCUT2D eigenvalue weighted by Crippen LogP contribution is -2.50. The predicted molar refractivity (Wildman–Crippen MR) is 109 cm³/mol. The van der Waals surface area contributed by atoms with E-state index in [1.807, 2.05) is 0 Å². The van der Waals surface area contributed by atoms with Gasteiger partial charge in [0.05, 0.1) is 10.6 Å². The zero-order chi connectivity index (χ0) is 23.3. The number of alkyl halides is 3. The molecule has 12 heteroatoms. The molecule has 32 heavy (non-hydrogen) atoms. The summed E-state index contributed by atoms with van der Waals surface area (Å²) < 4.78 is 43.4. The number of piperazine rings is 1. The SMILES string of the molecule is O=C(CN1CCCCCC1=O)OCC(=O)N1CCN(c2ncc(C(F)(F)F)cc2Cl)CC1. The lowest BCUT2D eigenvalue weighted by atomic mass is 10.2. The standard InChI is InChI=1S/C20H24ClF3N4O4/c21-15-10-14(20(22,23)24)11-25-19(15)27-8-6-26(7-9-27)17(30)13-32-18(31)12-28-5-3-1-2-4-16(28)29/h10-11H,1-9,12-13H2. The van der Waals surface area contributed by atoms with Crippen molar-refractivity contribution in [1.82, 2.24) is 14.8 Å². The second kappa shape index (κ2) is 10.4. The summed E-state index contributed by atoms with van der Waals surface area (Å²) >= 11 is 5.98. The first-order chi connectivity index (χ1) is 15.1. The first-order valence-corrected chi connectivity index (χ1v) is 10.7. The molecule has 2 fully saturated rings. The van der Waals surface area contributed by atoms with E-state index in [0.29, 0.717) is 26.1 Å². The highest BCUT2D eigenvalue weighted by Crippen LogP contribution is 2.33. The first kappa shape index (κ1) is 24.1. The van der Waals surface area contributed by atoms with Gasteiger partial charge in [-0.3, -0.25) is 14.4 Å². The zero-order valence-electron chi connectivity index (χ0n) is 17.4. The van der Waals surface area contributed by atoms with Crippen LogP contribution in [0.1, 0.15) is 31.2 Å².